The number of piperidine rings is 1. The molecule has 0 unspecified atom stereocenters. The van der Waals surface area contributed by atoms with Crippen LogP contribution < -0.4 is 5.32 Å². The number of nitrogens with zero attached hydrogens (tertiary/aromatic N) is 4. The van der Waals surface area contributed by atoms with E-state index in [-0.39, 0.29) is 36.9 Å². The van der Waals surface area contributed by atoms with E-state index in [1.165, 1.54) is 23.4 Å². The number of hydrogen-bond donors (Lipinski definition) is 1. The molecule has 0 spiro atoms. The van der Waals surface area contributed by atoms with E-state index in [4.69, 9.17) is 16.0 Å². The molecule has 0 radical (unpaired) electrons. The molecule has 10 heteroatoms. The molecule has 0 bridgehead atoms. The quantitative estimate of drug-likeness (QED) is 0.880. The molecule has 1 aliphatic heterocycles. The van der Waals surface area contributed by atoms with Crippen LogP contribution >= 0.6 is 11.6 Å². The van der Waals surface area contributed by atoms with Gasteiger partial charge in [-0.25, -0.2) is 4.39 Å². The van der Waals surface area contributed by atoms with Gasteiger partial charge >= 0.3 is 11.8 Å². The van der Waals surface area contributed by atoms with Crippen LogP contribution in [0.4, 0.5) is 4.39 Å². The number of amides is 2. The Morgan fingerprint density at radius 1 is 1.36 bits per heavy atom. The number of alkyl halides is 1. The van der Waals surface area contributed by atoms with Crippen molar-refractivity contribution in [2.45, 2.75) is 25.6 Å². The predicted octanol–water partition coefficient (Wildman–Crippen LogP) is 1.41. The highest BCUT2D eigenvalue weighted by Crippen LogP contribution is 2.18. The van der Waals surface area contributed by atoms with Crippen molar-refractivity contribution in [3.8, 4) is 0 Å². The fourth-order valence-electron chi connectivity index (χ4n) is 2.65. The fourth-order valence-corrected chi connectivity index (χ4v) is 2.83. The van der Waals surface area contributed by atoms with Crippen LogP contribution in [0.3, 0.4) is 0 Å². The topological polar surface area (TPSA) is 101 Å². The first-order valence-corrected chi connectivity index (χ1v) is 7.95. The molecule has 8 nitrogen and oxygen atoms in total. The lowest BCUT2D eigenvalue weighted by Gasteiger charge is -2.34. The first-order valence-electron chi connectivity index (χ1n) is 7.57. The van der Waals surface area contributed by atoms with Crippen LogP contribution in [0.15, 0.2) is 22.9 Å². The number of aryl methyl sites for hydroxylation is 1. The summed E-state index contributed by atoms with van der Waals surface area (Å²) in [6.07, 6.45) is 1.60. The van der Waals surface area contributed by atoms with E-state index in [1.54, 1.807) is 6.92 Å². The van der Waals surface area contributed by atoms with Gasteiger partial charge in [0.2, 0.25) is 5.89 Å². The monoisotopic (exact) mass is 367 g/mol. The second-order valence-corrected chi connectivity index (χ2v) is 6.17. The lowest BCUT2D eigenvalue weighted by atomic mass is 10.0. The minimum absolute atomic E-state index is 0.0582. The summed E-state index contributed by atoms with van der Waals surface area (Å²) in [6, 6.07) is 0.896. The molecule has 3 rings (SSSR count). The highest BCUT2D eigenvalue weighted by molar-refractivity contribution is 6.30. The Kier molecular flexibility index (Phi) is 4.93. The van der Waals surface area contributed by atoms with Crippen LogP contribution in [0, 0.1) is 6.92 Å². The minimum Gasteiger partial charge on any atom is -0.417 e. The summed E-state index contributed by atoms with van der Waals surface area (Å²) < 4.78 is 19.1. The molecule has 3 heterocycles. The van der Waals surface area contributed by atoms with E-state index in [1.807, 2.05) is 0 Å². The predicted molar refractivity (Wildman–Crippen MR) is 85.0 cm³/mol. The molecule has 25 heavy (non-hydrogen) atoms. The zero-order valence-electron chi connectivity index (χ0n) is 13.3. The molecule has 132 valence electrons. The lowest BCUT2D eigenvalue weighted by molar-refractivity contribution is 0.0557. The molecule has 0 aliphatic carbocycles. The summed E-state index contributed by atoms with van der Waals surface area (Å²) in [6.45, 7) is 1.66. The van der Waals surface area contributed by atoms with Crippen LogP contribution in [0.5, 0.6) is 0 Å². The molecule has 2 aromatic heterocycles. The maximum absolute atomic E-state index is 14.1. The number of likely N-dealkylation sites (tertiary alicyclic amines) is 1. The minimum atomic E-state index is -1.26. The van der Waals surface area contributed by atoms with E-state index in [0.717, 1.165) is 0 Å². The van der Waals surface area contributed by atoms with Gasteiger partial charge in [0, 0.05) is 38.3 Å². The summed E-state index contributed by atoms with van der Waals surface area (Å²) >= 11 is 5.84. The van der Waals surface area contributed by atoms with E-state index in [2.05, 4.69) is 20.5 Å². The number of carbonyl (C=O) groups is 2. The Hall–Kier alpha value is -2.55. The third-order valence-electron chi connectivity index (χ3n) is 3.69. The number of pyridine rings is 1. The summed E-state index contributed by atoms with van der Waals surface area (Å²) in [5, 5.41) is 10.1. The van der Waals surface area contributed by atoms with Gasteiger partial charge in [-0.1, -0.05) is 11.6 Å². The first-order chi connectivity index (χ1) is 11.9. The van der Waals surface area contributed by atoms with Crippen molar-refractivity contribution in [2.24, 2.45) is 0 Å². The van der Waals surface area contributed by atoms with E-state index >= 15 is 0 Å². The summed E-state index contributed by atoms with van der Waals surface area (Å²) in [5.74, 6) is -0.945. The third kappa shape index (κ3) is 4.11. The van der Waals surface area contributed by atoms with Gasteiger partial charge in [0.1, 0.15) is 6.17 Å². The molecule has 2 atom stereocenters. The van der Waals surface area contributed by atoms with E-state index in [0.29, 0.717) is 5.02 Å². The summed E-state index contributed by atoms with van der Waals surface area (Å²) in [7, 11) is 0. The SMILES string of the molecule is Cc1nnc(C(=O)N[C@H]2C[C@@H](F)CN(C(=O)c3cncc(Cl)c3)C2)o1. The van der Waals surface area contributed by atoms with Crippen molar-refractivity contribution in [3.63, 3.8) is 0 Å². The van der Waals surface area contributed by atoms with Crippen molar-refractivity contribution in [1.82, 2.24) is 25.4 Å². The van der Waals surface area contributed by atoms with Gasteiger partial charge < -0.3 is 14.6 Å². The van der Waals surface area contributed by atoms with Gasteiger partial charge in [-0.2, -0.15) is 0 Å². The highest BCUT2D eigenvalue weighted by atomic mass is 35.5. The molecule has 0 aromatic carbocycles. The lowest BCUT2D eigenvalue weighted by Crippen LogP contribution is -2.53. The normalized spacial score (nSPS) is 20.4. The fraction of sp³-hybridized carbons (Fsp3) is 0.400. The van der Waals surface area contributed by atoms with Crippen molar-refractivity contribution in [3.05, 3.63) is 40.8 Å². The molecule has 1 N–H and O–H groups in total. The van der Waals surface area contributed by atoms with E-state index in [9.17, 15) is 14.0 Å². The molecule has 1 aliphatic rings. The van der Waals surface area contributed by atoms with Crippen LogP contribution in [-0.2, 0) is 0 Å². The smallest absolute Gasteiger partial charge is 0.309 e. The van der Waals surface area contributed by atoms with Gasteiger partial charge in [-0.05, 0) is 6.07 Å². The molecule has 2 aromatic rings. The van der Waals surface area contributed by atoms with Crippen molar-refractivity contribution in [2.75, 3.05) is 13.1 Å². The number of aromatic nitrogens is 3. The standard InChI is InChI=1S/C15H15ClFN5O3/c1-8-20-21-14(25-8)13(23)19-12-3-11(17)6-22(7-12)15(24)9-2-10(16)5-18-4-9/h2,4-5,11-12H,3,6-7H2,1H3,(H,19,23)/t11-,12+/m1/s1. The van der Waals surface area contributed by atoms with Crippen molar-refractivity contribution in [1.29, 1.82) is 0 Å². The average Bonchev–Trinajstić information content (AvgIpc) is 3.00. The molecule has 1 saturated heterocycles. The molecule has 1 fully saturated rings. The Morgan fingerprint density at radius 2 is 2.16 bits per heavy atom. The second kappa shape index (κ2) is 7.14. The number of nitrogens with one attached hydrogen (secondary N) is 1. The van der Waals surface area contributed by atoms with Gasteiger partial charge in [0.25, 0.3) is 5.91 Å². The summed E-state index contributed by atoms with van der Waals surface area (Å²) in [5.41, 5.74) is 0.263. The van der Waals surface area contributed by atoms with Gasteiger partial charge in [-0.3, -0.25) is 14.6 Å². The Bertz CT molecular complexity index is 799. The molecule has 0 saturated carbocycles. The van der Waals surface area contributed by atoms with Crippen LogP contribution in [0.2, 0.25) is 5.02 Å². The number of halogens is 2. The van der Waals surface area contributed by atoms with Crippen molar-refractivity contribution < 1.29 is 18.4 Å². The maximum Gasteiger partial charge on any atom is 0.309 e. The Labute approximate surface area is 147 Å². The zero-order chi connectivity index (χ0) is 18.0. The van der Waals surface area contributed by atoms with Crippen LogP contribution in [0.25, 0.3) is 0 Å². The Morgan fingerprint density at radius 3 is 2.84 bits per heavy atom. The number of carbonyl (C=O) groups excluding carboxylic acids is 2. The van der Waals surface area contributed by atoms with Crippen molar-refractivity contribution >= 4 is 23.4 Å². The zero-order valence-corrected chi connectivity index (χ0v) is 14.0. The number of hydrogen-bond acceptors (Lipinski definition) is 6. The van der Waals surface area contributed by atoms with Gasteiger partial charge in [-0.15, -0.1) is 10.2 Å². The van der Waals surface area contributed by atoms with E-state index < -0.39 is 24.0 Å². The van der Waals surface area contributed by atoms with Crippen LogP contribution in [0.1, 0.15) is 33.4 Å². The number of rotatable bonds is 3. The summed E-state index contributed by atoms with van der Waals surface area (Å²) in [4.78, 5) is 29.8. The maximum atomic E-state index is 14.1. The average molecular weight is 368 g/mol. The third-order valence-corrected chi connectivity index (χ3v) is 3.90. The largest absolute Gasteiger partial charge is 0.417 e. The molecular formula is C15H15ClFN5O3. The molecular weight excluding hydrogens is 353 g/mol. The Balaban J connectivity index is 1.69. The van der Waals surface area contributed by atoms with Crippen LogP contribution in [-0.4, -0.2) is 57.2 Å². The first kappa shape index (κ1) is 17.3. The molecule has 2 amide bonds. The second-order valence-electron chi connectivity index (χ2n) is 5.73. The van der Waals surface area contributed by atoms with Gasteiger partial charge in [0.15, 0.2) is 0 Å². The van der Waals surface area contributed by atoms with Gasteiger partial charge in [0.05, 0.1) is 17.1 Å². The highest BCUT2D eigenvalue weighted by Gasteiger charge is 2.32.